The van der Waals surface area contributed by atoms with Gasteiger partial charge in [0.15, 0.2) is 0 Å². The lowest BCUT2D eigenvalue weighted by molar-refractivity contribution is -0.139. The van der Waals surface area contributed by atoms with Crippen molar-refractivity contribution >= 4 is 5.97 Å². The molecule has 19 heavy (non-hydrogen) atoms. The Morgan fingerprint density at radius 1 is 1.21 bits per heavy atom. The van der Waals surface area contributed by atoms with Crippen molar-refractivity contribution in [2.24, 2.45) is 5.92 Å². The molecule has 2 fully saturated rings. The zero-order valence-electron chi connectivity index (χ0n) is 12.3. The number of hydrogen-bond acceptors (Lipinski definition) is 3. The molecule has 0 bridgehead atoms. The molecule has 4 nitrogen and oxygen atoms in total. The molecule has 2 aliphatic rings. The Morgan fingerprint density at radius 3 is 2.37 bits per heavy atom. The topological polar surface area (TPSA) is 52.6 Å². The van der Waals surface area contributed by atoms with Crippen molar-refractivity contribution in [1.29, 1.82) is 0 Å². The molecule has 2 N–H and O–H groups in total. The molecule has 0 radical (unpaired) electrons. The van der Waals surface area contributed by atoms with Gasteiger partial charge in [-0.15, -0.1) is 0 Å². The van der Waals surface area contributed by atoms with Crippen LogP contribution in [0.2, 0.25) is 0 Å². The van der Waals surface area contributed by atoms with Crippen LogP contribution in [0.15, 0.2) is 0 Å². The lowest BCUT2D eigenvalue weighted by Gasteiger charge is -2.44. The lowest BCUT2D eigenvalue weighted by atomic mass is 9.82. The average molecular weight is 268 g/mol. The molecule has 0 heterocycles. The predicted molar refractivity (Wildman–Crippen MR) is 76.2 cm³/mol. The van der Waals surface area contributed by atoms with Gasteiger partial charge in [0.1, 0.15) is 0 Å². The van der Waals surface area contributed by atoms with Gasteiger partial charge in [0, 0.05) is 18.1 Å². The second kappa shape index (κ2) is 6.71. The van der Waals surface area contributed by atoms with Crippen molar-refractivity contribution < 1.29 is 9.90 Å². The maximum absolute atomic E-state index is 10.8. The van der Waals surface area contributed by atoms with E-state index in [2.05, 4.69) is 17.1 Å². The number of likely N-dealkylation sites (N-methyl/N-ethyl adjacent to an activating group) is 1. The molecule has 0 atom stereocenters. The molecule has 0 aromatic carbocycles. The normalized spacial score (nSPS) is 35.1. The van der Waals surface area contributed by atoms with Crippen LogP contribution in [0.1, 0.15) is 52.4 Å². The van der Waals surface area contributed by atoms with E-state index >= 15 is 0 Å². The molecule has 0 amide bonds. The van der Waals surface area contributed by atoms with Gasteiger partial charge < -0.3 is 10.4 Å². The number of carboxylic acids is 1. The van der Waals surface area contributed by atoms with Crippen LogP contribution in [0.3, 0.4) is 0 Å². The Labute approximate surface area is 116 Å². The molecule has 2 rings (SSSR count). The highest BCUT2D eigenvalue weighted by molar-refractivity contribution is 5.69. The van der Waals surface area contributed by atoms with Gasteiger partial charge in [0.2, 0.25) is 0 Å². The van der Waals surface area contributed by atoms with Crippen molar-refractivity contribution in [3.63, 3.8) is 0 Å². The van der Waals surface area contributed by atoms with Crippen molar-refractivity contribution in [2.45, 2.75) is 70.5 Å². The SMILES string of the molecule is CCN(CC(=O)O)C1CC(NC2CCC(C)CC2)C1. The van der Waals surface area contributed by atoms with Crippen LogP contribution in [0.5, 0.6) is 0 Å². The van der Waals surface area contributed by atoms with E-state index in [-0.39, 0.29) is 6.54 Å². The van der Waals surface area contributed by atoms with E-state index < -0.39 is 5.97 Å². The number of rotatable bonds is 6. The van der Waals surface area contributed by atoms with Crippen LogP contribution in [0.4, 0.5) is 0 Å². The van der Waals surface area contributed by atoms with Crippen LogP contribution in [-0.2, 0) is 4.79 Å². The molecule has 2 saturated carbocycles. The van der Waals surface area contributed by atoms with Gasteiger partial charge in [0.25, 0.3) is 0 Å². The minimum Gasteiger partial charge on any atom is -0.480 e. The van der Waals surface area contributed by atoms with Gasteiger partial charge >= 0.3 is 5.97 Å². The summed E-state index contributed by atoms with van der Waals surface area (Å²) in [4.78, 5) is 12.9. The highest BCUT2D eigenvalue weighted by atomic mass is 16.4. The van der Waals surface area contributed by atoms with Crippen LogP contribution >= 0.6 is 0 Å². The Hall–Kier alpha value is -0.610. The third kappa shape index (κ3) is 4.18. The number of nitrogens with zero attached hydrogens (tertiary/aromatic N) is 1. The largest absolute Gasteiger partial charge is 0.480 e. The number of aliphatic carboxylic acids is 1. The van der Waals surface area contributed by atoms with Crippen LogP contribution < -0.4 is 5.32 Å². The zero-order chi connectivity index (χ0) is 13.8. The maximum atomic E-state index is 10.8. The van der Waals surface area contributed by atoms with E-state index in [1.807, 2.05) is 6.92 Å². The molecule has 110 valence electrons. The molecule has 0 unspecified atom stereocenters. The first kappa shape index (κ1) is 14.8. The highest BCUT2D eigenvalue weighted by Gasteiger charge is 2.35. The minimum atomic E-state index is -0.709. The monoisotopic (exact) mass is 268 g/mol. The summed E-state index contributed by atoms with van der Waals surface area (Å²) in [6.45, 7) is 5.42. The summed E-state index contributed by atoms with van der Waals surface area (Å²) in [7, 11) is 0. The fraction of sp³-hybridized carbons (Fsp3) is 0.933. The average Bonchev–Trinajstić information content (AvgIpc) is 2.33. The summed E-state index contributed by atoms with van der Waals surface area (Å²) >= 11 is 0. The van der Waals surface area contributed by atoms with E-state index in [9.17, 15) is 4.79 Å². The molecule has 0 aromatic rings. The molecule has 0 saturated heterocycles. The van der Waals surface area contributed by atoms with Gasteiger partial charge in [-0.1, -0.05) is 13.8 Å². The van der Waals surface area contributed by atoms with Crippen LogP contribution in [0.25, 0.3) is 0 Å². The first-order valence-electron chi connectivity index (χ1n) is 7.80. The fourth-order valence-corrected chi connectivity index (χ4v) is 3.45. The summed E-state index contributed by atoms with van der Waals surface area (Å²) in [5.41, 5.74) is 0. The highest BCUT2D eigenvalue weighted by Crippen LogP contribution is 2.29. The number of nitrogens with one attached hydrogen (secondary N) is 1. The van der Waals surface area contributed by atoms with E-state index in [0.717, 1.165) is 25.3 Å². The number of hydrogen-bond donors (Lipinski definition) is 2. The van der Waals surface area contributed by atoms with Gasteiger partial charge in [-0.3, -0.25) is 9.69 Å². The molecular formula is C15H28N2O2. The summed E-state index contributed by atoms with van der Waals surface area (Å²) in [6.07, 6.45) is 7.58. The molecule has 0 spiro atoms. The molecule has 0 aromatic heterocycles. The zero-order valence-corrected chi connectivity index (χ0v) is 12.3. The van der Waals surface area contributed by atoms with Crippen molar-refractivity contribution in [3.8, 4) is 0 Å². The quantitative estimate of drug-likeness (QED) is 0.774. The molecule has 2 aliphatic carbocycles. The summed E-state index contributed by atoms with van der Waals surface area (Å²) < 4.78 is 0. The van der Waals surface area contributed by atoms with Crippen molar-refractivity contribution in [2.75, 3.05) is 13.1 Å². The second-order valence-electron chi connectivity index (χ2n) is 6.40. The van der Waals surface area contributed by atoms with E-state index in [0.29, 0.717) is 18.1 Å². The van der Waals surface area contributed by atoms with Gasteiger partial charge in [-0.2, -0.15) is 0 Å². The Bertz CT molecular complexity index is 295. The molecule has 0 aliphatic heterocycles. The smallest absolute Gasteiger partial charge is 0.317 e. The van der Waals surface area contributed by atoms with Crippen LogP contribution in [-0.4, -0.2) is 47.2 Å². The minimum absolute atomic E-state index is 0.189. The van der Waals surface area contributed by atoms with E-state index in [1.165, 1.54) is 25.7 Å². The Kier molecular flexibility index (Phi) is 5.22. The summed E-state index contributed by atoms with van der Waals surface area (Å²) in [5, 5.41) is 12.6. The van der Waals surface area contributed by atoms with Gasteiger partial charge in [0.05, 0.1) is 6.54 Å². The third-order valence-corrected chi connectivity index (χ3v) is 4.86. The van der Waals surface area contributed by atoms with Crippen molar-refractivity contribution in [3.05, 3.63) is 0 Å². The number of carboxylic acid groups (broad SMARTS) is 1. The summed E-state index contributed by atoms with van der Waals surface area (Å²) in [6, 6.07) is 1.80. The Morgan fingerprint density at radius 2 is 1.84 bits per heavy atom. The third-order valence-electron chi connectivity index (χ3n) is 4.86. The molecular weight excluding hydrogens is 240 g/mol. The Balaban J connectivity index is 1.66. The standard InChI is InChI=1S/C15H28N2O2/c1-3-17(10-15(18)19)14-8-13(9-14)16-12-6-4-11(2)5-7-12/h11-14,16H,3-10H2,1-2H3,(H,18,19). The first-order chi connectivity index (χ1) is 9.08. The first-order valence-corrected chi connectivity index (χ1v) is 7.80. The predicted octanol–water partition coefficient (Wildman–Crippen LogP) is 2.09. The fourth-order valence-electron chi connectivity index (χ4n) is 3.45. The van der Waals surface area contributed by atoms with Gasteiger partial charge in [-0.05, 0) is 51.0 Å². The maximum Gasteiger partial charge on any atom is 0.317 e. The molecule has 4 heteroatoms. The van der Waals surface area contributed by atoms with Gasteiger partial charge in [-0.25, -0.2) is 0 Å². The van der Waals surface area contributed by atoms with Crippen molar-refractivity contribution in [1.82, 2.24) is 10.2 Å². The van der Waals surface area contributed by atoms with E-state index in [1.54, 1.807) is 0 Å². The van der Waals surface area contributed by atoms with E-state index in [4.69, 9.17) is 5.11 Å². The van der Waals surface area contributed by atoms with Crippen LogP contribution in [0, 0.1) is 5.92 Å². The second-order valence-corrected chi connectivity index (χ2v) is 6.40. The summed E-state index contributed by atoms with van der Waals surface area (Å²) in [5.74, 6) is 0.192. The number of carbonyl (C=O) groups is 1. The lowest BCUT2D eigenvalue weighted by Crippen LogP contribution is -2.55.